The summed E-state index contributed by atoms with van der Waals surface area (Å²) >= 11 is 3.53. The number of benzene rings is 2. The van der Waals surface area contributed by atoms with E-state index in [9.17, 15) is 9.59 Å². The molecular formula is C17H15BBrNO4. The van der Waals surface area contributed by atoms with Crippen molar-refractivity contribution in [2.24, 2.45) is 0 Å². The zero-order valence-corrected chi connectivity index (χ0v) is 14.7. The Bertz CT molecular complexity index is 763. The van der Waals surface area contributed by atoms with Crippen LogP contribution < -0.4 is 5.46 Å². The maximum atomic E-state index is 12.0. The summed E-state index contributed by atoms with van der Waals surface area (Å²) in [6.07, 6.45) is 0. The molecule has 1 fully saturated rings. The average molecular weight is 388 g/mol. The van der Waals surface area contributed by atoms with Crippen molar-refractivity contribution in [1.82, 2.24) is 4.90 Å². The van der Waals surface area contributed by atoms with Crippen LogP contribution in [-0.2, 0) is 18.9 Å². The predicted molar refractivity (Wildman–Crippen MR) is 94.6 cm³/mol. The predicted octanol–water partition coefficient (Wildman–Crippen LogP) is 1.84. The highest BCUT2D eigenvalue weighted by molar-refractivity contribution is 9.10. The lowest BCUT2D eigenvalue weighted by molar-refractivity contribution is -0.145. The lowest BCUT2D eigenvalue weighted by Gasteiger charge is -2.23. The molecule has 3 rings (SSSR count). The summed E-state index contributed by atoms with van der Waals surface area (Å²) in [5.41, 5.74) is 2.40. The third-order valence-electron chi connectivity index (χ3n) is 3.65. The fraction of sp³-hybridized carbons (Fsp3) is 0.176. The zero-order valence-electron chi connectivity index (χ0n) is 13.1. The molecule has 1 aliphatic heterocycles. The fourth-order valence-electron chi connectivity index (χ4n) is 2.59. The molecule has 0 atom stereocenters. The number of carbonyl (C=O) groups excluding carboxylic acids is 2. The molecule has 1 aliphatic rings. The summed E-state index contributed by atoms with van der Waals surface area (Å²) in [4.78, 5) is 25.5. The Morgan fingerprint density at radius 2 is 1.46 bits per heavy atom. The largest absolute Gasteiger partial charge is 0.637 e. The Hall–Kier alpha value is -2.12. The van der Waals surface area contributed by atoms with Gasteiger partial charge in [0.2, 0.25) is 0 Å². The first kappa shape index (κ1) is 16.7. The molecule has 0 radical (unpaired) electrons. The standard InChI is InChI=1S/C17H15BBrNO4/c1-20-10-16(21)23-18(24-17(22)11-20)14-8-4-2-6-12(14)13-7-3-5-9-15(13)19/h2-9H,10-11H2,1H3. The molecule has 5 nitrogen and oxygen atoms in total. The van der Waals surface area contributed by atoms with Crippen LogP contribution in [0, 0.1) is 0 Å². The number of halogens is 1. The number of likely N-dealkylation sites (N-methyl/N-ethyl adjacent to an activating group) is 1. The van der Waals surface area contributed by atoms with Crippen LogP contribution in [0.3, 0.4) is 0 Å². The van der Waals surface area contributed by atoms with Gasteiger partial charge in [-0.25, -0.2) is 0 Å². The van der Waals surface area contributed by atoms with Gasteiger partial charge in [-0.15, -0.1) is 0 Å². The molecule has 0 saturated carbocycles. The summed E-state index contributed by atoms with van der Waals surface area (Å²) in [7, 11) is 0.611. The zero-order chi connectivity index (χ0) is 17.1. The van der Waals surface area contributed by atoms with Crippen molar-refractivity contribution in [1.29, 1.82) is 0 Å². The van der Waals surface area contributed by atoms with Crippen LogP contribution in [0.25, 0.3) is 11.1 Å². The Labute approximate surface area is 148 Å². The molecule has 24 heavy (non-hydrogen) atoms. The molecule has 1 heterocycles. The quantitative estimate of drug-likeness (QED) is 0.736. The number of nitrogens with zero attached hydrogens (tertiary/aromatic N) is 1. The second-order valence-electron chi connectivity index (χ2n) is 5.55. The highest BCUT2D eigenvalue weighted by Gasteiger charge is 2.35. The van der Waals surface area contributed by atoms with Crippen molar-refractivity contribution in [2.75, 3.05) is 20.1 Å². The van der Waals surface area contributed by atoms with Crippen molar-refractivity contribution in [3.63, 3.8) is 0 Å². The van der Waals surface area contributed by atoms with E-state index >= 15 is 0 Å². The van der Waals surface area contributed by atoms with Gasteiger partial charge in [-0.1, -0.05) is 58.4 Å². The van der Waals surface area contributed by atoms with Crippen LogP contribution >= 0.6 is 15.9 Å². The van der Waals surface area contributed by atoms with Gasteiger partial charge in [-0.3, -0.25) is 14.5 Å². The molecule has 0 N–H and O–H groups in total. The third kappa shape index (κ3) is 3.68. The lowest BCUT2D eigenvalue weighted by atomic mass is 9.74. The monoisotopic (exact) mass is 387 g/mol. The average Bonchev–Trinajstić information content (AvgIpc) is 2.53. The summed E-state index contributed by atoms with van der Waals surface area (Å²) < 4.78 is 11.7. The lowest BCUT2D eigenvalue weighted by Crippen LogP contribution is -2.48. The highest BCUT2D eigenvalue weighted by Crippen LogP contribution is 2.27. The van der Waals surface area contributed by atoms with Crippen LogP contribution in [-0.4, -0.2) is 44.1 Å². The minimum atomic E-state index is -1.05. The first-order chi connectivity index (χ1) is 11.5. The summed E-state index contributed by atoms with van der Waals surface area (Å²) in [5, 5.41) is 0. The molecule has 1 saturated heterocycles. The Morgan fingerprint density at radius 3 is 2.08 bits per heavy atom. The van der Waals surface area contributed by atoms with Crippen LogP contribution in [0.15, 0.2) is 53.0 Å². The van der Waals surface area contributed by atoms with Crippen molar-refractivity contribution in [3.8, 4) is 11.1 Å². The molecular weight excluding hydrogens is 373 g/mol. The van der Waals surface area contributed by atoms with Crippen LogP contribution in [0.5, 0.6) is 0 Å². The normalized spacial score (nSPS) is 16.2. The van der Waals surface area contributed by atoms with Gasteiger partial charge in [-0.2, -0.15) is 0 Å². The molecule has 0 bridgehead atoms. The number of carbonyl (C=O) groups is 2. The van der Waals surface area contributed by atoms with E-state index in [0.29, 0.717) is 5.46 Å². The Kier molecular flexibility index (Phi) is 5.01. The fourth-order valence-corrected chi connectivity index (χ4v) is 3.09. The van der Waals surface area contributed by atoms with Gasteiger partial charge < -0.3 is 9.31 Å². The molecule has 0 aromatic heterocycles. The van der Waals surface area contributed by atoms with Gasteiger partial charge in [0.05, 0.1) is 13.1 Å². The van der Waals surface area contributed by atoms with E-state index in [0.717, 1.165) is 15.6 Å². The van der Waals surface area contributed by atoms with Gasteiger partial charge in [0.25, 0.3) is 0 Å². The Morgan fingerprint density at radius 1 is 0.917 bits per heavy atom. The second-order valence-corrected chi connectivity index (χ2v) is 6.41. The summed E-state index contributed by atoms with van der Waals surface area (Å²) in [6, 6.07) is 15.1. The topological polar surface area (TPSA) is 55.8 Å². The van der Waals surface area contributed by atoms with Gasteiger partial charge in [0, 0.05) is 9.94 Å². The van der Waals surface area contributed by atoms with Crippen molar-refractivity contribution in [2.45, 2.75) is 0 Å². The molecule has 0 amide bonds. The first-order valence-electron chi connectivity index (χ1n) is 7.46. The van der Waals surface area contributed by atoms with E-state index in [2.05, 4.69) is 15.9 Å². The number of hydrogen-bond acceptors (Lipinski definition) is 5. The van der Waals surface area contributed by atoms with Crippen molar-refractivity contribution >= 4 is 40.4 Å². The second kappa shape index (κ2) is 7.19. The minimum absolute atomic E-state index is 0.0444. The smallest absolute Gasteiger partial charge is 0.494 e. The SMILES string of the molecule is CN1CC(=O)OB(c2ccccc2-c2ccccc2Br)OC(=O)C1. The maximum absolute atomic E-state index is 12.0. The maximum Gasteiger partial charge on any atom is 0.637 e. The van der Waals surface area contributed by atoms with Crippen LogP contribution in [0.4, 0.5) is 0 Å². The summed E-state index contributed by atoms with van der Waals surface area (Å²) in [6.45, 7) is 0.0889. The minimum Gasteiger partial charge on any atom is -0.494 e. The van der Waals surface area contributed by atoms with Crippen molar-refractivity contribution < 1.29 is 18.9 Å². The van der Waals surface area contributed by atoms with E-state index in [4.69, 9.17) is 9.31 Å². The van der Waals surface area contributed by atoms with E-state index in [-0.39, 0.29) is 13.1 Å². The molecule has 0 unspecified atom stereocenters. The first-order valence-corrected chi connectivity index (χ1v) is 8.25. The molecule has 0 spiro atoms. The molecule has 0 aliphatic carbocycles. The number of rotatable bonds is 2. The third-order valence-corrected chi connectivity index (χ3v) is 4.35. The van der Waals surface area contributed by atoms with Gasteiger partial charge in [0.1, 0.15) is 0 Å². The van der Waals surface area contributed by atoms with E-state index in [1.165, 1.54) is 0 Å². The van der Waals surface area contributed by atoms with Gasteiger partial charge in [-0.05, 0) is 24.2 Å². The Balaban J connectivity index is 2.01. The molecule has 122 valence electrons. The van der Waals surface area contributed by atoms with Gasteiger partial charge >= 0.3 is 19.1 Å². The van der Waals surface area contributed by atoms with E-state index in [1.807, 2.05) is 42.5 Å². The van der Waals surface area contributed by atoms with Crippen LogP contribution in [0.1, 0.15) is 0 Å². The van der Waals surface area contributed by atoms with Crippen LogP contribution in [0.2, 0.25) is 0 Å². The van der Waals surface area contributed by atoms with Gasteiger partial charge in [0.15, 0.2) is 0 Å². The molecule has 2 aromatic rings. The highest BCUT2D eigenvalue weighted by atomic mass is 79.9. The van der Waals surface area contributed by atoms with Crippen molar-refractivity contribution in [3.05, 3.63) is 53.0 Å². The van der Waals surface area contributed by atoms with E-state index < -0.39 is 19.1 Å². The number of hydrogen-bond donors (Lipinski definition) is 0. The molecule has 7 heteroatoms. The van der Waals surface area contributed by atoms with E-state index in [1.54, 1.807) is 18.0 Å². The summed E-state index contributed by atoms with van der Waals surface area (Å²) in [5.74, 6) is -0.867. The molecule has 2 aromatic carbocycles.